The van der Waals surface area contributed by atoms with Crippen LogP contribution in [0.2, 0.25) is 19.1 Å². The van der Waals surface area contributed by atoms with Crippen LogP contribution < -0.4 is 0 Å². The highest BCUT2D eigenvalue weighted by atomic mass is 29.2. The number of carbonyl (C=O) groups is 1. The Kier molecular flexibility index (Phi) is 4.54. The fraction of sp³-hybridized carbons (Fsp3) is 0.900. The van der Waals surface area contributed by atoms with Crippen LogP contribution >= 0.6 is 0 Å². The Bertz CT molecular complexity index is 237. The molecule has 1 saturated heterocycles. The number of hydrogen-bond acceptors (Lipinski definition) is 2. The van der Waals surface area contributed by atoms with Crippen LogP contribution in [0.1, 0.15) is 19.8 Å². The highest BCUT2D eigenvalue weighted by Crippen LogP contribution is 2.21. The Balaban J connectivity index is 2.65. The summed E-state index contributed by atoms with van der Waals surface area (Å²) >= 11 is 0. The van der Waals surface area contributed by atoms with E-state index >= 15 is 0 Å². The van der Waals surface area contributed by atoms with Gasteiger partial charge in [0.15, 0.2) is 7.83 Å². The molecule has 1 rings (SSSR count). The molecule has 15 heavy (non-hydrogen) atoms. The minimum Gasteiger partial charge on any atom is -0.418 e. The molecule has 1 aliphatic heterocycles. The molecule has 1 aliphatic rings. The lowest BCUT2D eigenvalue weighted by Gasteiger charge is -2.34. The summed E-state index contributed by atoms with van der Waals surface area (Å²) < 4.78 is 6.13. The van der Waals surface area contributed by atoms with Gasteiger partial charge in [0.2, 0.25) is 5.91 Å². The van der Waals surface area contributed by atoms with Crippen LogP contribution in [0.3, 0.4) is 0 Å². The molecular formula is C10H23NO2Si2. The summed E-state index contributed by atoms with van der Waals surface area (Å²) in [5.41, 5.74) is 0. The highest BCUT2D eigenvalue weighted by molar-refractivity contribution is 7.29. The van der Waals surface area contributed by atoms with Gasteiger partial charge in [0, 0.05) is 26.7 Å². The third kappa shape index (κ3) is 3.43. The van der Waals surface area contributed by atoms with E-state index in [4.69, 9.17) is 4.43 Å². The molecule has 0 saturated carbocycles. The smallest absolute Gasteiger partial charge is 0.218 e. The molecule has 0 aromatic heterocycles. The van der Waals surface area contributed by atoms with E-state index in [1.54, 1.807) is 6.92 Å². The van der Waals surface area contributed by atoms with Gasteiger partial charge in [-0.2, -0.15) is 0 Å². The molecule has 0 spiro atoms. The SMILES string of the molecule is CC(=O)N(C)C[Si]1(C)OCCCC[SiH]1C. The first-order valence-corrected chi connectivity index (χ1v) is 12.2. The Labute approximate surface area is 95.3 Å². The van der Waals surface area contributed by atoms with Crippen LogP contribution in [0, 0.1) is 0 Å². The number of nitrogens with zero attached hydrogens (tertiary/aromatic N) is 1. The van der Waals surface area contributed by atoms with E-state index < -0.39 is 16.1 Å². The summed E-state index contributed by atoms with van der Waals surface area (Å²) in [5, 5.41) is 0. The second-order valence-corrected chi connectivity index (χ2v) is 17.2. The van der Waals surface area contributed by atoms with E-state index in [1.165, 1.54) is 18.9 Å². The summed E-state index contributed by atoms with van der Waals surface area (Å²) in [4.78, 5) is 13.1. The molecule has 2 unspecified atom stereocenters. The first kappa shape index (κ1) is 12.9. The molecule has 1 amide bonds. The summed E-state index contributed by atoms with van der Waals surface area (Å²) in [6.45, 7) is 7.31. The van der Waals surface area contributed by atoms with Crippen molar-refractivity contribution in [3.63, 3.8) is 0 Å². The normalized spacial score (nSPS) is 32.1. The average Bonchev–Trinajstić information content (AvgIpc) is 2.30. The maximum atomic E-state index is 11.3. The van der Waals surface area contributed by atoms with Gasteiger partial charge in [-0.25, -0.2) is 0 Å². The lowest BCUT2D eigenvalue weighted by molar-refractivity contribution is -0.126. The second-order valence-electron chi connectivity index (χ2n) is 4.93. The first-order valence-electron chi connectivity index (χ1n) is 5.81. The van der Waals surface area contributed by atoms with E-state index in [1.807, 2.05) is 11.9 Å². The Morgan fingerprint density at radius 2 is 2.20 bits per heavy atom. The molecule has 0 N–H and O–H groups in total. The predicted molar refractivity (Wildman–Crippen MR) is 67.9 cm³/mol. The van der Waals surface area contributed by atoms with Crippen LogP contribution in [-0.4, -0.2) is 46.8 Å². The number of rotatable bonds is 2. The van der Waals surface area contributed by atoms with Gasteiger partial charge in [0.1, 0.15) is 0 Å². The second kappa shape index (κ2) is 5.27. The molecule has 88 valence electrons. The van der Waals surface area contributed by atoms with Crippen molar-refractivity contribution in [1.29, 1.82) is 0 Å². The van der Waals surface area contributed by atoms with Crippen molar-refractivity contribution in [3.8, 4) is 0 Å². The summed E-state index contributed by atoms with van der Waals surface area (Å²) in [7, 11) is -0.418. The molecule has 3 nitrogen and oxygen atoms in total. The first-order chi connectivity index (χ1) is 6.96. The Morgan fingerprint density at radius 1 is 1.53 bits per heavy atom. The maximum absolute atomic E-state index is 11.3. The molecular weight excluding hydrogens is 222 g/mol. The van der Waals surface area contributed by atoms with Crippen molar-refractivity contribution < 1.29 is 9.22 Å². The lowest BCUT2D eigenvalue weighted by atomic mass is 10.4. The average molecular weight is 245 g/mol. The fourth-order valence-corrected chi connectivity index (χ4v) is 11.5. The predicted octanol–water partition coefficient (Wildman–Crippen LogP) is 1.32. The molecule has 0 aromatic rings. The molecule has 0 radical (unpaired) electrons. The lowest BCUT2D eigenvalue weighted by Crippen LogP contribution is -2.57. The van der Waals surface area contributed by atoms with Crippen LogP contribution in [0.5, 0.6) is 0 Å². The van der Waals surface area contributed by atoms with E-state index in [-0.39, 0.29) is 5.91 Å². The van der Waals surface area contributed by atoms with Gasteiger partial charge in [0.05, 0.1) is 8.31 Å². The largest absolute Gasteiger partial charge is 0.418 e. The molecule has 5 heteroatoms. The zero-order valence-electron chi connectivity index (χ0n) is 10.4. The van der Waals surface area contributed by atoms with Gasteiger partial charge in [0.25, 0.3) is 0 Å². The molecule has 0 bridgehead atoms. The Hall–Kier alpha value is -0.136. The standard InChI is InChI=1S/C10H23NO2Si2/c1-10(12)11(2)9-15(4)13-7-5-6-8-14(15)3/h14H,5-9H2,1-4H3. The van der Waals surface area contributed by atoms with Crippen molar-refractivity contribution in [2.45, 2.75) is 38.9 Å². The molecule has 2 atom stereocenters. The summed E-state index contributed by atoms with van der Waals surface area (Å²) in [5.74, 6) is 0.165. The number of hydrogen-bond donors (Lipinski definition) is 0. The van der Waals surface area contributed by atoms with E-state index in [9.17, 15) is 4.79 Å². The summed E-state index contributed by atoms with van der Waals surface area (Å²) in [6.07, 6.45) is 3.44. The van der Waals surface area contributed by atoms with Crippen molar-refractivity contribution in [2.75, 3.05) is 19.8 Å². The van der Waals surface area contributed by atoms with E-state index in [2.05, 4.69) is 13.1 Å². The van der Waals surface area contributed by atoms with Crippen molar-refractivity contribution >= 4 is 22.1 Å². The topological polar surface area (TPSA) is 29.5 Å². The van der Waals surface area contributed by atoms with Crippen molar-refractivity contribution in [3.05, 3.63) is 0 Å². The highest BCUT2D eigenvalue weighted by Gasteiger charge is 2.39. The number of carbonyl (C=O) groups excluding carboxylic acids is 1. The maximum Gasteiger partial charge on any atom is 0.218 e. The number of amides is 1. The van der Waals surface area contributed by atoms with Crippen LogP contribution in [-0.2, 0) is 9.22 Å². The van der Waals surface area contributed by atoms with Gasteiger partial charge in [-0.3, -0.25) is 4.79 Å². The van der Waals surface area contributed by atoms with Gasteiger partial charge in [-0.1, -0.05) is 19.0 Å². The molecule has 0 aromatic carbocycles. The zero-order chi connectivity index (χ0) is 11.5. The quantitative estimate of drug-likeness (QED) is 0.687. The Morgan fingerprint density at radius 3 is 2.80 bits per heavy atom. The van der Waals surface area contributed by atoms with Crippen LogP contribution in [0.4, 0.5) is 0 Å². The van der Waals surface area contributed by atoms with Gasteiger partial charge >= 0.3 is 0 Å². The zero-order valence-corrected chi connectivity index (χ0v) is 12.5. The van der Waals surface area contributed by atoms with Crippen LogP contribution in [0.25, 0.3) is 0 Å². The van der Waals surface area contributed by atoms with E-state index in [0.29, 0.717) is 0 Å². The third-order valence-corrected chi connectivity index (χ3v) is 17.1. The summed E-state index contributed by atoms with van der Waals surface area (Å²) in [6, 6.07) is 1.40. The van der Waals surface area contributed by atoms with Gasteiger partial charge in [-0.05, 0) is 13.0 Å². The fourth-order valence-electron chi connectivity index (χ4n) is 2.09. The monoisotopic (exact) mass is 245 g/mol. The van der Waals surface area contributed by atoms with Crippen molar-refractivity contribution in [1.82, 2.24) is 4.90 Å². The molecule has 0 aliphatic carbocycles. The molecule has 1 heterocycles. The minimum absolute atomic E-state index is 0.165. The third-order valence-electron chi connectivity index (χ3n) is 3.59. The van der Waals surface area contributed by atoms with E-state index in [0.717, 1.165) is 12.8 Å². The minimum atomic E-state index is -1.57. The van der Waals surface area contributed by atoms with Crippen molar-refractivity contribution in [2.24, 2.45) is 0 Å². The van der Waals surface area contributed by atoms with Crippen LogP contribution in [0.15, 0.2) is 0 Å². The molecule has 1 fully saturated rings. The van der Waals surface area contributed by atoms with Gasteiger partial charge < -0.3 is 9.33 Å². The van der Waals surface area contributed by atoms with Gasteiger partial charge in [-0.15, -0.1) is 0 Å².